The van der Waals surface area contributed by atoms with Gasteiger partial charge in [0.25, 0.3) is 0 Å². The molecule has 30 heavy (non-hydrogen) atoms. The minimum atomic E-state index is 0.144. The fourth-order valence-corrected chi connectivity index (χ4v) is 4.64. The summed E-state index contributed by atoms with van der Waals surface area (Å²) in [5.74, 6) is 1.20. The first kappa shape index (κ1) is 20.3. The Kier molecular flexibility index (Phi) is 5.69. The first-order valence-electron chi connectivity index (χ1n) is 10.1. The van der Waals surface area contributed by atoms with Crippen molar-refractivity contribution in [2.45, 2.75) is 32.2 Å². The van der Waals surface area contributed by atoms with Crippen LogP contribution in [0.3, 0.4) is 0 Å². The standard InChI is InChI=1S/C24H24ClN3O2/c1-16(29)27-9-7-19(8-10-27)21-15-28(23-12-17(13-26)3-5-20(21)23)14-18-4-6-24(30-2)22(25)11-18/h3-6,11-12,15,19H,7-10,14H2,1-2H3. The maximum atomic E-state index is 11.7. The van der Waals surface area contributed by atoms with Gasteiger partial charge in [-0.15, -0.1) is 0 Å². The van der Waals surface area contributed by atoms with Gasteiger partial charge in [0.15, 0.2) is 0 Å². The summed E-state index contributed by atoms with van der Waals surface area (Å²) in [6.45, 7) is 3.87. The van der Waals surface area contributed by atoms with Gasteiger partial charge in [-0.3, -0.25) is 4.79 Å². The van der Waals surface area contributed by atoms with Crippen molar-refractivity contribution in [2.75, 3.05) is 20.2 Å². The van der Waals surface area contributed by atoms with Gasteiger partial charge in [-0.05, 0) is 54.2 Å². The lowest BCUT2D eigenvalue weighted by atomic mass is 9.89. The molecule has 1 amide bonds. The largest absolute Gasteiger partial charge is 0.495 e. The Morgan fingerprint density at radius 2 is 2.00 bits per heavy atom. The molecule has 5 nitrogen and oxygen atoms in total. The van der Waals surface area contributed by atoms with E-state index in [0.717, 1.165) is 37.0 Å². The second-order valence-corrected chi connectivity index (χ2v) is 8.21. The number of nitrogens with zero attached hydrogens (tertiary/aromatic N) is 3. The number of aromatic nitrogens is 1. The number of piperidine rings is 1. The fourth-order valence-electron chi connectivity index (χ4n) is 4.36. The number of amides is 1. The first-order valence-corrected chi connectivity index (χ1v) is 10.5. The van der Waals surface area contributed by atoms with Crippen molar-refractivity contribution in [3.8, 4) is 11.8 Å². The molecule has 3 aromatic rings. The van der Waals surface area contributed by atoms with E-state index < -0.39 is 0 Å². The molecule has 4 rings (SSSR count). The average Bonchev–Trinajstić information content (AvgIpc) is 3.11. The molecule has 0 atom stereocenters. The number of hydrogen-bond donors (Lipinski definition) is 0. The molecule has 154 valence electrons. The van der Waals surface area contributed by atoms with E-state index in [4.69, 9.17) is 16.3 Å². The molecule has 0 spiro atoms. The van der Waals surface area contributed by atoms with Gasteiger partial charge in [-0.1, -0.05) is 23.7 Å². The van der Waals surface area contributed by atoms with Gasteiger partial charge in [0.1, 0.15) is 5.75 Å². The second kappa shape index (κ2) is 8.41. The lowest BCUT2D eigenvalue weighted by molar-refractivity contribution is -0.129. The molecule has 1 aliphatic heterocycles. The highest BCUT2D eigenvalue weighted by atomic mass is 35.5. The average molecular weight is 422 g/mol. The summed E-state index contributed by atoms with van der Waals surface area (Å²) in [7, 11) is 1.60. The molecule has 2 heterocycles. The van der Waals surface area contributed by atoms with E-state index in [1.807, 2.05) is 35.2 Å². The summed E-state index contributed by atoms with van der Waals surface area (Å²) >= 11 is 6.32. The van der Waals surface area contributed by atoms with Gasteiger partial charge < -0.3 is 14.2 Å². The summed E-state index contributed by atoms with van der Waals surface area (Å²) in [6.07, 6.45) is 4.11. The molecule has 0 saturated carbocycles. The highest BCUT2D eigenvalue weighted by Crippen LogP contribution is 2.35. The third kappa shape index (κ3) is 3.88. The summed E-state index contributed by atoms with van der Waals surface area (Å²) in [6, 6.07) is 13.9. The maximum absolute atomic E-state index is 11.7. The van der Waals surface area contributed by atoms with Gasteiger partial charge in [-0.2, -0.15) is 5.26 Å². The van der Waals surface area contributed by atoms with E-state index in [-0.39, 0.29) is 5.91 Å². The van der Waals surface area contributed by atoms with E-state index in [1.165, 1.54) is 10.9 Å². The summed E-state index contributed by atoms with van der Waals surface area (Å²) in [4.78, 5) is 13.6. The minimum absolute atomic E-state index is 0.144. The number of methoxy groups -OCH3 is 1. The smallest absolute Gasteiger partial charge is 0.219 e. The monoisotopic (exact) mass is 421 g/mol. The van der Waals surface area contributed by atoms with Crippen LogP contribution in [0.5, 0.6) is 5.75 Å². The predicted octanol–water partition coefficient (Wildman–Crippen LogP) is 4.95. The molecule has 1 saturated heterocycles. The van der Waals surface area contributed by atoms with E-state index in [1.54, 1.807) is 14.0 Å². The highest BCUT2D eigenvalue weighted by Gasteiger charge is 2.25. The molecular formula is C24H24ClN3O2. The van der Waals surface area contributed by atoms with Crippen molar-refractivity contribution in [1.29, 1.82) is 5.26 Å². The molecule has 0 N–H and O–H groups in total. The van der Waals surface area contributed by atoms with E-state index in [2.05, 4.69) is 22.9 Å². The number of benzene rings is 2. The van der Waals surface area contributed by atoms with Gasteiger partial charge in [0, 0.05) is 43.7 Å². The third-order valence-corrected chi connectivity index (χ3v) is 6.29. The topological polar surface area (TPSA) is 58.3 Å². The third-order valence-electron chi connectivity index (χ3n) is 5.99. The molecule has 1 fully saturated rings. The Morgan fingerprint density at radius 1 is 1.23 bits per heavy atom. The van der Waals surface area contributed by atoms with Gasteiger partial charge in [-0.25, -0.2) is 0 Å². The Hall–Kier alpha value is -2.97. The minimum Gasteiger partial charge on any atom is -0.495 e. The lowest BCUT2D eigenvalue weighted by Crippen LogP contribution is -2.36. The number of nitriles is 1. The van der Waals surface area contributed by atoms with Crippen LogP contribution in [-0.2, 0) is 11.3 Å². The lowest BCUT2D eigenvalue weighted by Gasteiger charge is -2.31. The zero-order valence-electron chi connectivity index (χ0n) is 17.2. The Labute approximate surface area is 181 Å². The molecular weight excluding hydrogens is 398 g/mol. The molecule has 0 radical (unpaired) electrons. The van der Waals surface area contributed by atoms with Crippen LogP contribution >= 0.6 is 11.6 Å². The van der Waals surface area contributed by atoms with Crippen LogP contribution in [-0.4, -0.2) is 35.6 Å². The van der Waals surface area contributed by atoms with Crippen molar-refractivity contribution >= 4 is 28.4 Å². The molecule has 2 aromatic carbocycles. The van der Waals surface area contributed by atoms with E-state index >= 15 is 0 Å². The number of hydrogen-bond acceptors (Lipinski definition) is 3. The van der Waals surface area contributed by atoms with E-state index in [0.29, 0.717) is 28.8 Å². The number of likely N-dealkylation sites (tertiary alicyclic amines) is 1. The van der Waals surface area contributed by atoms with Crippen molar-refractivity contribution in [2.24, 2.45) is 0 Å². The number of rotatable bonds is 4. The molecule has 1 aliphatic rings. The van der Waals surface area contributed by atoms with Crippen molar-refractivity contribution in [3.63, 3.8) is 0 Å². The first-order chi connectivity index (χ1) is 14.5. The van der Waals surface area contributed by atoms with E-state index in [9.17, 15) is 10.1 Å². The fraction of sp³-hybridized carbons (Fsp3) is 0.333. The zero-order chi connectivity index (χ0) is 21.3. The van der Waals surface area contributed by atoms with Crippen molar-refractivity contribution < 1.29 is 9.53 Å². The maximum Gasteiger partial charge on any atom is 0.219 e. The second-order valence-electron chi connectivity index (χ2n) is 7.81. The normalized spacial score (nSPS) is 14.7. The summed E-state index contributed by atoms with van der Waals surface area (Å²) in [5, 5.41) is 11.1. The number of carbonyl (C=O) groups is 1. The molecule has 1 aromatic heterocycles. The SMILES string of the molecule is COc1ccc(Cn2cc(C3CCN(C(C)=O)CC3)c3ccc(C#N)cc32)cc1Cl. The van der Waals surface area contributed by atoms with Crippen LogP contribution in [0.2, 0.25) is 5.02 Å². The van der Waals surface area contributed by atoms with Crippen LogP contribution in [0.15, 0.2) is 42.6 Å². The van der Waals surface area contributed by atoms with Crippen molar-refractivity contribution in [1.82, 2.24) is 9.47 Å². The van der Waals surface area contributed by atoms with Gasteiger partial charge in [0.2, 0.25) is 5.91 Å². The molecule has 0 unspecified atom stereocenters. The summed E-state index contributed by atoms with van der Waals surface area (Å²) in [5.41, 5.74) is 4.05. The van der Waals surface area contributed by atoms with Gasteiger partial charge >= 0.3 is 0 Å². The number of carbonyl (C=O) groups excluding carboxylic acids is 1. The molecule has 0 bridgehead atoms. The van der Waals surface area contributed by atoms with Crippen molar-refractivity contribution in [3.05, 3.63) is 64.3 Å². The number of halogens is 1. The Balaban J connectivity index is 1.70. The quantitative estimate of drug-likeness (QED) is 0.598. The van der Waals surface area contributed by atoms with Crippen LogP contribution in [0.4, 0.5) is 0 Å². The van der Waals surface area contributed by atoms with Crippen LogP contribution in [0, 0.1) is 11.3 Å². The van der Waals surface area contributed by atoms with Gasteiger partial charge in [0.05, 0.1) is 23.8 Å². The Morgan fingerprint density at radius 3 is 2.63 bits per heavy atom. The number of fused-ring (bicyclic) bond motifs is 1. The highest BCUT2D eigenvalue weighted by molar-refractivity contribution is 6.32. The summed E-state index contributed by atoms with van der Waals surface area (Å²) < 4.78 is 7.45. The molecule has 6 heteroatoms. The van der Waals surface area contributed by atoms with Crippen LogP contribution < -0.4 is 4.74 Å². The molecule has 0 aliphatic carbocycles. The number of ether oxygens (including phenoxy) is 1. The Bertz CT molecular complexity index is 1140. The van der Waals surface area contributed by atoms with Crippen LogP contribution in [0.1, 0.15) is 42.4 Å². The predicted molar refractivity (Wildman–Crippen MR) is 118 cm³/mol. The zero-order valence-corrected chi connectivity index (χ0v) is 17.9. The van der Waals surface area contributed by atoms with Crippen LogP contribution in [0.25, 0.3) is 10.9 Å².